The van der Waals surface area contributed by atoms with Gasteiger partial charge in [0.1, 0.15) is 5.75 Å². The number of nitrogens with two attached hydrogens (primary N) is 1. The third kappa shape index (κ3) is 2.86. The van der Waals surface area contributed by atoms with Gasteiger partial charge in [0.15, 0.2) is 0 Å². The van der Waals surface area contributed by atoms with Crippen molar-refractivity contribution in [3.63, 3.8) is 0 Å². The number of hydrogen-bond donors (Lipinski definition) is 1. The maximum atomic E-state index is 6.12. The van der Waals surface area contributed by atoms with Gasteiger partial charge in [0, 0.05) is 11.0 Å². The van der Waals surface area contributed by atoms with Crippen LogP contribution in [0, 0.1) is 5.41 Å². The highest BCUT2D eigenvalue weighted by atomic mass is 16.5. The summed E-state index contributed by atoms with van der Waals surface area (Å²) in [4.78, 5) is 0. The molecular formula is C18H21NO. The van der Waals surface area contributed by atoms with Crippen LogP contribution in [0.4, 0.5) is 0 Å². The van der Waals surface area contributed by atoms with Crippen molar-refractivity contribution in [1.82, 2.24) is 0 Å². The summed E-state index contributed by atoms with van der Waals surface area (Å²) in [6, 6.07) is 18.7. The second-order valence-corrected chi connectivity index (χ2v) is 5.69. The predicted octanol–water partition coefficient (Wildman–Crippen LogP) is 3.86. The first-order valence-corrected chi connectivity index (χ1v) is 7.30. The van der Waals surface area contributed by atoms with Crippen LogP contribution in [0.2, 0.25) is 0 Å². The molecule has 2 aromatic carbocycles. The fourth-order valence-corrected chi connectivity index (χ4v) is 2.63. The molecule has 0 unspecified atom stereocenters. The zero-order valence-corrected chi connectivity index (χ0v) is 11.7. The monoisotopic (exact) mass is 267 g/mol. The molecule has 2 aromatic rings. The van der Waals surface area contributed by atoms with E-state index in [0.717, 1.165) is 30.9 Å². The van der Waals surface area contributed by atoms with E-state index in [9.17, 15) is 0 Å². The largest absolute Gasteiger partial charge is 0.492 e. The lowest BCUT2D eigenvalue weighted by atomic mass is 10.0. The first kappa shape index (κ1) is 13.2. The Morgan fingerprint density at radius 3 is 2.35 bits per heavy atom. The maximum Gasteiger partial charge on any atom is 0.127 e. The lowest BCUT2D eigenvalue weighted by molar-refractivity contribution is 0.228. The molecule has 0 amide bonds. The van der Waals surface area contributed by atoms with Gasteiger partial charge in [0.05, 0.1) is 6.61 Å². The summed E-state index contributed by atoms with van der Waals surface area (Å²) in [5, 5.41) is 0. The Kier molecular flexibility index (Phi) is 3.75. The summed E-state index contributed by atoms with van der Waals surface area (Å²) >= 11 is 0. The SMILES string of the molecule is NCCC1(COc2ccccc2-c2ccccc2)CC1. The normalized spacial score (nSPS) is 15.8. The van der Waals surface area contributed by atoms with E-state index in [0.29, 0.717) is 5.41 Å². The summed E-state index contributed by atoms with van der Waals surface area (Å²) in [6.45, 7) is 1.54. The number of para-hydroxylation sites is 1. The average molecular weight is 267 g/mol. The van der Waals surface area contributed by atoms with Gasteiger partial charge in [-0.15, -0.1) is 0 Å². The molecule has 0 bridgehead atoms. The third-order valence-corrected chi connectivity index (χ3v) is 4.14. The van der Waals surface area contributed by atoms with E-state index in [2.05, 4.69) is 42.5 Å². The molecule has 1 saturated carbocycles. The van der Waals surface area contributed by atoms with Crippen LogP contribution in [-0.4, -0.2) is 13.2 Å². The minimum Gasteiger partial charge on any atom is -0.492 e. The van der Waals surface area contributed by atoms with Gasteiger partial charge in [-0.3, -0.25) is 0 Å². The molecule has 2 nitrogen and oxygen atoms in total. The van der Waals surface area contributed by atoms with E-state index in [1.54, 1.807) is 0 Å². The van der Waals surface area contributed by atoms with Gasteiger partial charge < -0.3 is 10.5 Å². The fourth-order valence-electron chi connectivity index (χ4n) is 2.63. The first-order valence-electron chi connectivity index (χ1n) is 7.30. The molecule has 104 valence electrons. The zero-order chi connectivity index (χ0) is 13.8. The van der Waals surface area contributed by atoms with Crippen molar-refractivity contribution >= 4 is 0 Å². The molecule has 0 radical (unpaired) electrons. The van der Waals surface area contributed by atoms with Crippen molar-refractivity contribution in [3.8, 4) is 16.9 Å². The van der Waals surface area contributed by atoms with Crippen LogP contribution in [0.25, 0.3) is 11.1 Å². The standard InChI is InChI=1S/C18H21NO/c19-13-12-18(10-11-18)14-20-17-9-5-4-8-16(17)15-6-2-1-3-7-15/h1-9H,10-14,19H2. The van der Waals surface area contributed by atoms with Gasteiger partial charge in [-0.25, -0.2) is 0 Å². The highest BCUT2D eigenvalue weighted by Gasteiger charge is 2.42. The highest BCUT2D eigenvalue weighted by molar-refractivity contribution is 5.70. The molecule has 2 heteroatoms. The van der Waals surface area contributed by atoms with Gasteiger partial charge in [0.25, 0.3) is 0 Å². The average Bonchev–Trinajstić information content (AvgIpc) is 3.27. The second kappa shape index (κ2) is 5.68. The molecule has 0 spiro atoms. The third-order valence-electron chi connectivity index (χ3n) is 4.14. The van der Waals surface area contributed by atoms with Crippen LogP contribution < -0.4 is 10.5 Å². The zero-order valence-electron chi connectivity index (χ0n) is 11.7. The number of benzene rings is 2. The molecular weight excluding hydrogens is 246 g/mol. The molecule has 0 aromatic heterocycles. The summed E-state index contributed by atoms with van der Waals surface area (Å²) in [5.74, 6) is 0.974. The van der Waals surface area contributed by atoms with Gasteiger partial charge in [0.2, 0.25) is 0 Å². The quantitative estimate of drug-likeness (QED) is 0.862. The van der Waals surface area contributed by atoms with E-state index >= 15 is 0 Å². The molecule has 2 N–H and O–H groups in total. The van der Waals surface area contributed by atoms with Crippen LogP contribution >= 0.6 is 0 Å². The molecule has 1 fully saturated rings. The Labute approximate surface area is 120 Å². The molecule has 0 aliphatic heterocycles. The van der Waals surface area contributed by atoms with Crippen molar-refractivity contribution in [2.24, 2.45) is 11.1 Å². The highest BCUT2D eigenvalue weighted by Crippen LogP contribution is 2.49. The van der Waals surface area contributed by atoms with E-state index in [1.165, 1.54) is 18.4 Å². The van der Waals surface area contributed by atoms with Crippen LogP contribution in [0.5, 0.6) is 5.75 Å². The van der Waals surface area contributed by atoms with E-state index in [4.69, 9.17) is 10.5 Å². The maximum absolute atomic E-state index is 6.12. The number of hydrogen-bond acceptors (Lipinski definition) is 2. The summed E-state index contributed by atoms with van der Waals surface area (Å²) in [6.07, 6.45) is 3.57. The first-order chi connectivity index (χ1) is 9.83. The van der Waals surface area contributed by atoms with Gasteiger partial charge in [-0.2, -0.15) is 0 Å². The van der Waals surface area contributed by atoms with Gasteiger partial charge in [-0.05, 0) is 37.4 Å². The van der Waals surface area contributed by atoms with Crippen LogP contribution in [0.1, 0.15) is 19.3 Å². The molecule has 0 atom stereocenters. The Balaban J connectivity index is 1.77. The Morgan fingerprint density at radius 1 is 0.950 bits per heavy atom. The van der Waals surface area contributed by atoms with E-state index in [1.807, 2.05) is 12.1 Å². The Hall–Kier alpha value is -1.80. The molecule has 20 heavy (non-hydrogen) atoms. The topological polar surface area (TPSA) is 35.2 Å². The molecule has 1 aliphatic rings. The molecule has 0 heterocycles. The van der Waals surface area contributed by atoms with Crippen LogP contribution in [-0.2, 0) is 0 Å². The minimum atomic E-state index is 0.346. The van der Waals surface area contributed by atoms with Crippen molar-refractivity contribution in [1.29, 1.82) is 0 Å². The summed E-state index contributed by atoms with van der Waals surface area (Å²) in [5.41, 5.74) is 8.40. The number of rotatable bonds is 6. The summed E-state index contributed by atoms with van der Waals surface area (Å²) in [7, 11) is 0. The van der Waals surface area contributed by atoms with Gasteiger partial charge in [-0.1, -0.05) is 48.5 Å². The minimum absolute atomic E-state index is 0.346. The predicted molar refractivity (Wildman–Crippen MR) is 82.7 cm³/mol. The molecule has 1 aliphatic carbocycles. The van der Waals surface area contributed by atoms with Crippen molar-refractivity contribution < 1.29 is 4.74 Å². The van der Waals surface area contributed by atoms with Crippen molar-refractivity contribution in [2.45, 2.75) is 19.3 Å². The molecule has 0 saturated heterocycles. The van der Waals surface area contributed by atoms with Crippen LogP contribution in [0.3, 0.4) is 0 Å². The van der Waals surface area contributed by atoms with Gasteiger partial charge >= 0.3 is 0 Å². The lowest BCUT2D eigenvalue weighted by Crippen LogP contribution is -2.17. The smallest absolute Gasteiger partial charge is 0.127 e. The van der Waals surface area contributed by atoms with E-state index < -0.39 is 0 Å². The van der Waals surface area contributed by atoms with Crippen molar-refractivity contribution in [3.05, 3.63) is 54.6 Å². The Bertz CT molecular complexity index is 561. The molecule has 3 rings (SSSR count). The number of ether oxygens (including phenoxy) is 1. The fraction of sp³-hybridized carbons (Fsp3) is 0.333. The lowest BCUT2D eigenvalue weighted by Gasteiger charge is -2.17. The van der Waals surface area contributed by atoms with Crippen LogP contribution in [0.15, 0.2) is 54.6 Å². The summed E-state index contributed by atoms with van der Waals surface area (Å²) < 4.78 is 6.12. The van der Waals surface area contributed by atoms with E-state index in [-0.39, 0.29) is 0 Å². The second-order valence-electron chi connectivity index (χ2n) is 5.69. The van der Waals surface area contributed by atoms with Crippen molar-refractivity contribution in [2.75, 3.05) is 13.2 Å². The Morgan fingerprint density at radius 2 is 1.65 bits per heavy atom.